The zero-order valence-corrected chi connectivity index (χ0v) is 15.1. The Bertz CT molecular complexity index is 659. The molecule has 0 aliphatic carbocycles. The van der Waals surface area contributed by atoms with Crippen molar-refractivity contribution in [2.75, 3.05) is 20.3 Å². The monoisotopic (exact) mass is 368 g/mol. The number of amides is 1. The molecule has 9 heteroatoms. The number of carbonyl (C=O) groups excluding carboxylic acids is 1. The quantitative estimate of drug-likeness (QED) is 0.502. The second-order valence-electron chi connectivity index (χ2n) is 5.07. The Hall–Kier alpha value is -1.81. The molecule has 1 amide bonds. The van der Waals surface area contributed by atoms with Crippen LogP contribution in [0.5, 0.6) is 0 Å². The van der Waals surface area contributed by atoms with E-state index in [-0.39, 0.29) is 18.6 Å². The molecule has 0 spiro atoms. The molecule has 1 heterocycles. The number of hydrogen-bond donors (Lipinski definition) is 3. The Balaban J connectivity index is 1.65. The summed E-state index contributed by atoms with van der Waals surface area (Å²) in [5.74, 6) is -0.320. The van der Waals surface area contributed by atoms with Crippen LogP contribution in [0.3, 0.4) is 0 Å². The summed E-state index contributed by atoms with van der Waals surface area (Å²) in [6.07, 6.45) is 0. The second kappa shape index (κ2) is 9.48. The standard InChI is InChI=1S/C15H20N4O3S2/c1-10(7-21-2)16-15(23)19-18-13(20)8-22-9-14-17-11-5-3-4-6-12(11)24-14/h3-6,10H,7-9H2,1-2H3,(H,18,20)(H2,16,19,23)/t10-/m0/s1. The number of ether oxygens (including phenoxy) is 2. The molecule has 7 nitrogen and oxygen atoms in total. The van der Waals surface area contributed by atoms with Crippen molar-refractivity contribution >= 4 is 44.8 Å². The molecular weight excluding hydrogens is 348 g/mol. The van der Waals surface area contributed by atoms with Crippen LogP contribution in [0.25, 0.3) is 10.2 Å². The molecule has 0 saturated carbocycles. The molecule has 0 bridgehead atoms. The van der Waals surface area contributed by atoms with Crippen molar-refractivity contribution in [3.8, 4) is 0 Å². The third kappa shape index (κ3) is 6.00. The molecule has 0 radical (unpaired) electrons. The largest absolute Gasteiger partial charge is 0.383 e. The number of hydrogen-bond acceptors (Lipinski definition) is 6. The third-order valence-electron chi connectivity index (χ3n) is 2.91. The molecule has 0 fully saturated rings. The average molecular weight is 368 g/mol. The summed E-state index contributed by atoms with van der Waals surface area (Å²) in [5.41, 5.74) is 6.02. The van der Waals surface area contributed by atoms with E-state index >= 15 is 0 Å². The molecule has 1 atom stereocenters. The first-order valence-electron chi connectivity index (χ1n) is 7.35. The van der Waals surface area contributed by atoms with Crippen LogP contribution in [-0.4, -0.2) is 42.4 Å². The molecule has 0 aliphatic rings. The zero-order valence-electron chi connectivity index (χ0n) is 13.5. The van der Waals surface area contributed by atoms with E-state index in [0.29, 0.717) is 18.3 Å². The third-order valence-corrected chi connectivity index (χ3v) is 4.14. The number of aromatic nitrogens is 1. The number of para-hydroxylation sites is 1. The van der Waals surface area contributed by atoms with Gasteiger partial charge in [-0.1, -0.05) is 12.1 Å². The molecule has 24 heavy (non-hydrogen) atoms. The van der Waals surface area contributed by atoms with Gasteiger partial charge >= 0.3 is 0 Å². The highest BCUT2D eigenvalue weighted by Crippen LogP contribution is 2.21. The summed E-state index contributed by atoms with van der Waals surface area (Å²) in [5, 5.41) is 4.12. The fraction of sp³-hybridized carbons (Fsp3) is 0.400. The summed E-state index contributed by atoms with van der Waals surface area (Å²) >= 11 is 6.60. The number of rotatable bonds is 7. The maximum absolute atomic E-state index is 11.7. The van der Waals surface area contributed by atoms with Crippen molar-refractivity contribution in [3.05, 3.63) is 29.3 Å². The number of thiocarbonyl (C=S) groups is 1. The van der Waals surface area contributed by atoms with Gasteiger partial charge in [0.25, 0.3) is 5.91 Å². The molecule has 1 aromatic carbocycles. The highest BCUT2D eigenvalue weighted by Gasteiger charge is 2.07. The Morgan fingerprint density at radius 1 is 1.38 bits per heavy atom. The molecule has 0 aliphatic heterocycles. The van der Waals surface area contributed by atoms with Crippen molar-refractivity contribution in [1.82, 2.24) is 21.2 Å². The number of carbonyl (C=O) groups is 1. The van der Waals surface area contributed by atoms with E-state index in [2.05, 4.69) is 21.2 Å². The van der Waals surface area contributed by atoms with Crippen molar-refractivity contribution in [3.63, 3.8) is 0 Å². The molecule has 0 unspecified atom stereocenters. The first-order chi connectivity index (χ1) is 11.6. The van der Waals surface area contributed by atoms with E-state index in [1.165, 1.54) is 0 Å². The lowest BCUT2D eigenvalue weighted by atomic mass is 10.3. The van der Waals surface area contributed by atoms with E-state index < -0.39 is 0 Å². The Morgan fingerprint density at radius 2 is 2.17 bits per heavy atom. The lowest BCUT2D eigenvalue weighted by Gasteiger charge is -2.16. The van der Waals surface area contributed by atoms with E-state index in [0.717, 1.165) is 15.2 Å². The number of methoxy groups -OCH3 is 1. The van der Waals surface area contributed by atoms with Crippen LogP contribution in [0.4, 0.5) is 0 Å². The highest BCUT2D eigenvalue weighted by molar-refractivity contribution is 7.80. The van der Waals surface area contributed by atoms with Crippen LogP contribution >= 0.6 is 23.6 Å². The molecule has 0 saturated heterocycles. The Kier molecular flexibility index (Phi) is 7.32. The minimum Gasteiger partial charge on any atom is -0.383 e. The molecule has 1 aromatic heterocycles. The summed E-state index contributed by atoms with van der Waals surface area (Å²) in [7, 11) is 1.61. The van der Waals surface area contributed by atoms with Gasteiger partial charge in [-0.3, -0.25) is 15.6 Å². The first-order valence-corrected chi connectivity index (χ1v) is 8.57. The first kappa shape index (κ1) is 18.5. The van der Waals surface area contributed by atoms with Gasteiger partial charge in [0.1, 0.15) is 11.6 Å². The topological polar surface area (TPSA) is 84.5 Å². The number of thiazole rings is 1. The number of benzene rings is 1. The molecule has 130 valence electrons. The van der Waals surface area contributed by atoms with Gasteiger partial charge in [-0.25, -0.2) is 4.98 Å². The van der Waals surface area contributed by atoms with Gasteiger partial charge in [0.15, 0.2) is 5.11 Å². The zero-order chi connectivity index (χ0) is 17.4. The summed E-state index contributed by atoms with van der Waals surface area (Å²) in [4.78, 5) is 16.1. The van der Waals surface area contributed by atoms with Gasteiger partial charge < -0.3 is 14.8 Å². The van der Waals surface area contributed by atoms with Gasteiger partial charge in [-0.05, 0) is 31.3 Å². The summed E-state index contributed by atoms with van der Waals surface area (Å²) < 4.78 is 11.5. The SMILES string of the molecule is COC[C@H](C)NC(=S)NNC(=O)COCc1nc2ccccc2s1. The Labute approximate surface area is 149 Å². The van der Waals surface area contributed by atoms with Crippen molar-refractivity contribution in [2.45, 2.75) is 19.6 Å². The summed E-state index contributed by atoms with van der Waals surface area (Å²) in [6.45, 7) is 2.64. The van der Waals surface area contributed by atoms with E-state index in [4.69, 9.17) is 21.7 Å². The van der Waals surface area contributed by atoms with Crippen LogP contribution in [0.15, 0.2) is 24.3 Å². The van der Waals surface area contributed by atoms with Crippen LogP contribution in [0.1, 0.15) is 11.9 Å². The average Bonchev–Trinajstić information content (AvgIpc) is 2.96. The maximum Gasteiger partial charge on any atom is 0.264 e. The molecule has 2 aromatic rings. The Morgan fingerprint density at radius 3 is 2.92 bits per heavy atom. The highest BCUT2D eigenvalue weighted by atomic mass is 32.1. The predicted octanol–water partition coefficient (Wildman–Crippen LogP) is 1.34. The van der Waals surface area contributed by atoms with Gasteiger partial charge in [0.05, 0.1) is 23.4 Å². The minimum absolute atomic E-state index is 0.0437. The van der Waals surface area contributed by atoms with E-state index in [1.807, 2.05) is 31.2 Å². The van der Waals surface area contributed by atoms with Crippen molar-refractivity contribution < 1.29 is 14.3 Å². The van der Waals surface area contributed by atoms with Crippen molar-refractivity contribution in [1.29, 1.82) is 0 Å². The lowest BCUT2D eigenvalue weighted by molar-refractivity contribution is -0.126. The van der Waals surface area contributed by atoms with Gasteiger partial charge in [0.2, 0.25) is 0 Å². The van der Waals surface area contributed by atoms with Crippen LogP contribution < -0.4 is 16.2 Å². The van der Waals surface area contributed by atoms with Crippen LogP contribution in [0.2, 0.25) is 0 Å². The molecule has 2 rings (SSSR count). The van der Waals surface area contributed by atoms with E-state index in [1.54, 1.807) is 18.4 Å². The number of nitrogens with zero attached hydrogens (tertiary/aromatic N) is 1. The number of fused-ring (bicyclic) bond motifs is 1. The maximum atomic E-state index is 11.7. The van der Waals surface area contributed by atoms with E-state index in [9.17, 15) is 4.79 Å². The van der Waals surface area contributed by atoms with Gasteiger partial charge in [-0.2, -0.15) is 0 Å². The van der Waals surface area contributed by atoms with Gasteiger partial charge in [0, 0.05) is 13.2 Å². The predicted molar refractivity (Wildman–Crippen MR) is 97.6 cm³/mol. The molecule has 3 N–H and O–H groups in total. The number of hydrazine groups is 1. The smallest absolute Gasteiger partial charge is 0.264 e. The second-order valence-corrected chi connectivity index (χ2v) is 6.59. The lowest BCUT2D eigenvalue weighted by Crippen LogP contribution is -2.50. The fourth-order valence-corrected chi connectivity index (χ4v) is 3.08. The van der Waals surface area contributed by atoms with Crippen LogP contribution in [0, 0.1) is 0 Å². The minimum atomic E-state index is -0.320. The fourth-order valence-electron chi connectivity index (χ4n) is 1.93. The van der Waals surface area contributed by atoms with Gasteiger partial charge in [-0.15, -0.1) is 11.3 Å². The number of nitrogens with one attached hydrogen (secondary N) is 3. The molecular formula is C15H20N4O3S2. The van der Waals surface area contributed by atoms with Crippen molar-refractivity contribution in [2.24, 2.45) is 0 Å². The normalized spacial score (nSPS) is 11.9. The van der Waals surface area contributed by atoms with Crippen LogP contribution in [-0.2, 0) is 20.9 Å². The summed E-state index contributed by atoms with van der Waals surface area (Å²) in [6, 6.07) is 7.91.